The van der Waals surface area contributed by atoms with Crippen molar-refractivity contribution in [3.63, 3.8) is 0 Å². The van der Waals surface area contributed by atoms with Gasteiger partial charge in [-0.2, -0.15) is 0 Å². The maximum absolute atomic E-state index is 13.2. The van der Waals surface area contributed by atoms with Crippen LogP contribution in [0.25, 0.3) is 0 Å². The van der Waals surface area contributed by atoms with Crippen LogP contribution >= 0.6 is 0 Å². The largest absolute Gasteiger partial charge is 0.310 e. The quantitative estimate of drug-likeness (QED) is 0.877. The van der Waals surface area contributed by atoms with E-state index in [1.807, 2.05) is 6.07 Å². The van der Waals surface area contributed by atoms with Crippen molar-refractivity contribution < 1.29 is 4.39 Å². The Morgan fingerprint density at radius 1 is 1.42 bits per heavy atom. The number of nitrogens with one attached hydrogen (secondary N) is 1. The van der Waals surface area contributed by atoms with Crippen LogP contribution in [0.4, 0.5) is 4.39 Å². The molecule has 0 aromatic heterocycles. The lowest BCUT2D eigenvalue weighted by atomic mass is 10.00. The van der Waals surface area contributed by atoms with Crippen molar-refractivity contribution in [1.82, 2.24) is 10.2 Å². The Balaban J connectivity index is 1.76. The predicted octanol–water partition coefficient (Wildman–Crippen LogP) is 3.35. The Hall–Kier alpha value is -0.930. The molecule has 1 aliphatic heterocycles. The van der Waals surface area contributed by atoms with Crippen molar-refractivity contribution in [2.45, 2.75) is 44.7 Å². The predicted molar refractivity (Wildman–Crippen MR) is 77.7 cm³/mol. The van der Waals surface area contributed by atoms with E-state index in [2.05, 4.69) is 24.2 Å². The van der Waals surface area contributed by atoms with Gasteiger partial charge in [-0.25, -0.2) is 4.39 Å². The van der Waals surface area contributed by atoms with E-state index < -0.39 is 0 Å². The summed E-state index contributed by atoms with van der Waals surface area (Å²) in [6.45, 7) is 4.32. The van der Waals surface area contributed by atoms with Crippen molar-refractivity contribution >= 4 is 0 Å². The highest BCUT2D eigenvalue weighted by atomic mass is 19.1. The summed E-state index contributed by atoms with van der Waals surface area (Å²) in [6, 6.07) is 7.79. The Morgan fingerprint density at radius 3 is 3.00 bits per heavy atom. The fraction of sp³-hybridized carbons (Fsp3) is 0.625. The molecule has 1 aromatic rings. The van der Waals surface area contributed by atoms with Crippen LogP contribution in [0, 0.1) is 5.82 Å². The van der Waals surface area contributed by atoms with Crippen LogP contribution in [0.2, 0.25) is 0 Å². The molecular weight excluding hydrogens is 239 g/mol. The number of hydrogen-bond donors (Lipinski definition) is 1. The van der Waals surface area contributed by atoms with Gasteiger partial charge in [-0.3, -0.25) is 0 Å². The normalized spacial score (nSPS) is 22.4. The lowest BCUT2D eigenvalue weighted by Gasteiger charge is -2.32. The minimum atomic E-state index is -0.154. The van der Waals surface area contributed by atoms with Gasteiger partial charge in [0.2, 0.25) is 0 Å². The molecule has 1 N–H and O–H groups in total. The van der Waals surface area contributed by atoms with E-state index in [1.165, 1.54) is 38.3 Å². The Morgan fingerprint density at radius 2 is 2.26 bits per heavy atom. The molecule has 19 heavy (non-hydrogen) atoms. The molecule has 3 heteroatoms. The first-order valence-corrected chi connectivity index (χ1v) is 7.36. The number of benzene rings is 1. The van der Waals surface area contributed by atoms with Crippen molar-refractivity contribution in [1.29, 1.82) is 0 Å². The van der Waals surface area contributed by atoms with Gasteiger partial charge in [0.15, 0.2) is 0 Å². The summed E-state index contributed by atoms with van der Waals surface area (Å²) >= 11 is 0. The Kier molecular flexibility index (Phi) is 5.34. The first kappa shape index (κ1) is 14.5. The minimum Gasteiger partial charge on any atom is -0.310 e. The minimum absolute atomic E-state index is 0.154. The summed E-state index contributed by atoms with van der Waals surface area (Å²) in [7, 11) is 2.22. The van der Waals surface area contributed by atoms with Crippen LogP contribution in [-0.2, 0) is 0 Å². The van der Waals surface area contributed by atoms with Gasteiger partial charge in [-0.15, -0.1) is 0 Å². The summed E-state index contributed by atoms with van der Waals surface area (Å²) in [5, 5.41) is 3.50. The zero-order chi connectivity index (χ0) is 13.7. The average molecular weight is 264 g/mol. The van der Waals surface area contributed by atoms with Crippen LogP contribution in [0.15, 0.2) is 24.3 Å². The van der Waals surface area contributed by atoms with Gasteiger partial charge in [0.25, 0.3) is 0 Å². The lowest BCUT2D eigenvalue weighted by molar-refractivity contribution is 0.174. The molecule has 1 saturated heterocycles. The maximum Gasteiger partial charge on any atom is 0.123 e. The topological polar surface area (TPSA) is 15.3 Å². The summed E-state index contributed by atoms with van der Waals surface area (Å²) in [4.78, 5) is 2.47. The van der Waals surface area contributed by atoms with Crippen molar-refractivity contribution in [2.24, 2.45) is 0 Å². The van der Waals surface area contributed by atoms with Gasteiger partial charge in [-0.1, -0.05) is 18.6 Å². The average Bonchev–Trinajstić information content (AvgIpc) is 2.41. The van der Waals surface area contributed by atoms with Crippen LogP contribution in [0.5, 0.6) is 0 Å². The first-order chi connectivity index (χ1) is 9.16. The molecule has 2 atom stereocenters. The van der Waals surface area contributed by atoms with Gasteiger partial charge in [0, 0.05) is 12.1 Å². The summed E-state index contributed by atoms with van der Waals surface area (Å²) in [6.07, 6.45) is 5.18. The standard InChI is InChI=1S/C16H25FN2/c1-13(14-6-5-7-15(17)12-14)18-10-9-16-8-3-4-11-19(16)2/h5-7,12-13,16,18H,3-4,8-11H2,1-2H3/t13-,16?/m0/s1. The van der Waals surface area contributed by atoms with Crippen LogP contribution in [0.1, 0.15) is 44.2 Å². The number of nitrogens with zero attached hydrogens (tertiary/aromatic N) is 1. The fourth-order valence-electron chi connectivity index (χ4n) is 2.87. The molecule has 1 aliphatic rings. The molecule has 0 spiro atoms. The van der Waals surface area contributed by atoms with Gasteiger partial charge < -0.3 is 10.2 Å². The van der Waals surface area contributed by atoms with E-state index in [9.17, 15) is 4.39 Å². The molecular formula is C16H25FN2. The summed E-state index contributed by atoms with van der Waals surface area (Å²) in [5.41, 5.74) is 1.02. The second kappa shape index (κ2) is 7.01. The third-order valence-electron chi connectivity index (χ3n) is 4.20. The number of halogens is 1. The van der Waals surface area contributed by atoms with Crippen LogP contribution in [-0.4, -0.2) is 31.1 Å². The van der Waals surface area contributed by atoms with Crippen molar-refractivity contribution in [2.75, 3.05) is 20.1 Å². The van der Waals surface area contributed by atoms with Gasteiger partial charge in [0.1, 0.15) is 5.82 Å². The highest BCUT2D eigenvalue weighted by molar-refractivity contribution is 5.19. The third-order valence-corrected chi connectivity index (χ3v) is 4.20. The number of hydrogen-bond acceptors (Lipinski definition) is 2. The van der Waals surface area contributed by atoms with Gasteiger partial charge >= 0.3 is 0 Å². The highest BCUT2D eigenvalue weighted by Gasteiger charge is 2.18. The van der Waals surface area contributed by atoms with E-state index in [4.69, 9.17) is 0 Å². The van der Waals surface area contributed by atoms with Crippen LogP contribution < -0.4 is 5.32 Å². The van der Waals surface area contributed by atoms with E-state index in [1.54, 1.807) is 12.1 Å². The van der Waals surface area contributed by atoms with E-state index >= 15 is 0 Å². The highest BCUT2D eigenvalue weighted by Crippen LogP contribution is 2.18. The summed E-state index contributed by atoms with van der Waals surface area (Å²) < 4.78 is 13.2. The molecule has 0 saturated carbocycles. The van der Waals surface area contributed by atoms with Gasteiger partial charge in [-0.05, 0) is 64.0 Å². The second-order valence-corrected chi connectivity index (χ2v) is 5.65. The second-order valence-electron chi connectivity index (χ2n) is 5.65. The van der Waals surface area contributed by atoms with Crippen molar-refractivity contribution in [3.8, 4) is 0 Å². The molecule has 2 rings (SSSR count). The number of piperidine rings is 1. The third kappa shape index (κ3) is 4.29. The fourth-order valence-corrected chi connectivity index (χ4v) is 2.87. The number of rotatable bonds is 5. The zero-order valence-electron chi connectivity index (χ0n) is 12.0. The Bertz CT molecular complexity index is 394. The molecule has 1 unspecified atom stereocenters. The number of likely N-dealkylation sites (tertiary alicyclic amines) is 1. The van der Waals surface area contributed by atoms with Gasteiger partial charge in [0.05, 0.1) is 0 Å². The summed E-state index contributed by atoms with van der Waals surface area (Å²) in [5.74, 6) is -0.154. The SMILES string of the molecule is C[C@H](NCCC1CCCCN1C)c1cccc(F)c1. The van der Waals surface area contributed by atoms with E-state index in [-0.39, 0.29) is 11.9 Å². The van der Waals surface area contributed by atoms with E-state index in [0.29, 0.717) is 6.04 Å². The van der Waals surface area contributed by atoms with E-state index in [0.717, 1.165) is 12.1 Å². The molecule has 2 nitrogen and oxygen atoms in total. The Labute approximate surface area is 116 Å². The molecule has 0 bridgehead atoms. The zero-order valence-corrected chi connectivity index (χ0v) is 12.0. The van der Waals surface area contributed by atoms with Crippen LogP contribution in [0.3, 0.4) is 0 Å². The smallest absolute Gasteiger partial charge is 0.123 e. The molecule has 106 valence electrons. The molecule has 1 aromatic carbocycles. The monoisotopic (exact) mass is 264 g/mol. The molecule has 0 aliphatic carbocycles. The van der Waals surface area contributed by atoms with Crippen molar-refractivity contribution in [3.05, 3.63) is 35.6 Å². The molecule has 1 heterocycles. The maximum atomic E-state index is 13.2. The molecule has 1 fully saturated rings. The molecule has 0 radical (unpaired) electrons. The molecule has 0 amide bonds. The lowest BCUT2D eigenvalue weighted by Crippen LogP contribution is -2.38. The first-order valence-electron chi connectivity index (χ1n) is 7.36.